The van der Waals surface area contributed by atoms with Crippen LogP contribution in [0.25, 0.3) is 0 Å². The second-order valence-electron chi connectivity index (χ2n) is 5.03. The van der Waals surface area contributed by atoms with Gasteiger partial charge in [-0.3, -0.25) is 4.79 Å². The maximum Gasteiger partial charge on any atom is 0.241 e. The van der Waals surface area contributed by atoms with E-state index < -0.39 is 10.0 Å². The van der Waals surface area contributed by atoms with E-state index in [1.165, 1.54) is 12.1 Å². The Morgan fingerprint density at radius 3 is 2.48 bits per heavy atom. The van der Waals surface area contributed by atoms with Crippen LogP contribution < -0.4 is 4.72 Å². The predicted molar refractivity (Wildman–Crippen MR) is 78.1 cm³/mol. The summed E-state index contributed by atoms with van der Waals surface area (Å²) >= 11 is 0. The first-order valence-electron chi connectivity index (χ1n) is 6.99. The first kappa shape index (κ1) is 15.9. The average Bonchev–Trinajstić information content (AvgIpc) is 2.43. The van der Waals surface area contributed by atoms with Crippen molar-refractivity contribution in [3.8, 4) is 0 Å². The molecule has 0 bridgehead atoms. The van der Waals surface area contributed by atoms with Crippen LogP contribution in [-0.4, -0.2) is 50.1 Å². The van der Waals surface area contributed by atoms with Crippen LogP contribution in [0.1, 0.15) is 19.3 Å². The molecule has 7 heteroatoms. The molecule has 0 radical (unpaired) electrons. The number of amides is 1. The zero-order valence-corrected chi connectivity index (χ0v) is 12.6. The lowest BCUT2D eigenvalue weighted by Crippen LogP contribution is -2.49. The van der Waals surface area contributed by atoms with Crippen molar-refractivity contribution in [3.63, 3.8) is 0 Å². The van der Waals surface area contributed by atoms with Gasteiger partial charge in [0.2, 0.25) is 15.9 Å². The molecule has 0 heterocycles. The average molecular weight is 312 g/mol. The number of nitrogens with zero attached hydrogens (tertiary/aromatic N) is 1. The van der Waals surface area contributed by atoms with Gasteiger partial charge >= 0.3 is 0 Å². The molecule has 6 nitrogen and oxygen atoms in total. The fourth-order valence-electron chi connectivity index (χ4n) is 2.26. The first-order valence-corrected chi connectivity index (χ1v) is 8.48. The maximum absolute atomic E-state index is 12.1. The Labute approximate surface area is 124 Å². The number of hydrogen-bond donors (Lipinski definition) is 2. The van der Waals surface area contributed by atoms with Crippen molar-refractivity contribution in [1.82, 2.24) is 9.62 Å². The van der Waals surface area contributed by atoms with Crippen molar-refractivity contribution in [3.05, 3.63) is 30.3 Å². The fraction of sp³-hybridized carbons (Fsp3) is 0.500. The summed E-state index contributed by atoms with van der Waals surface area (Å²) in [4.78, 5) is 13.8. The van der Waals surface area contributed by atoms with E-state index in [1.807, 2.05) is 0 Å². The largest absolute Gasteiger partial charge is 0.395 e. The topological polar surface area (TPSA) is 86.7 Å². The summed E-state index contributed by atoms with van der Waals surface area (Å²) < 4.78 is 26.4. The van der Waals surface area contributed by atoms with Crippen LogP contribution in [-0.2, 0) is 14.8 Å². The molecule has 2 N–H and O–H groups in total. The molecule has 0 spiro atoms. The first-order chi connectivity index (χ1) is 10.0. The molecule has 1 aromatic carbocycles. The third kappa shape index (κ3) is 4.03. The molecule has 0 saturated heterocycles. The van der Waals surface area contributed by atoms with Crippen molar-refractivity contribution >= 4 is 15.9 Å². The molecule has 2 rings (SSSR count). The summed E-state index contributed by atoms with van der Waals surface area (Å²) in [6.07, 6.45) is 2.89. The normalized spacial score (nSPS) is 15.5. The SMILES string of the molecule is O=C(CNS(=O)(=O)c1ccccc1)N(CCO)C1CCC1. The molecule has 1 fully saturated rings. The Kier molecular flexibility index (Phi) is 5.33. The van der Waals surface area contributed by atoms with Gasteiger partial charge in [0.25, 0.3) is 0 Å². The minimum Gasteiger partial charge on any atom is -0.395 e. The van der Waals surface area contributed by atoms with Crippen LogP contribution in [0.5, 0.6) is 0 Å². The molecular weight excluding hydrogens is 292 g/mol. The Balaban J connectivity index is 1.96. The van der Waals surface area contributed by atoms with Gasteiger partial charge in [0.1, 0.15) is 0 Å². The molecule has 1 aliphatic rings. The number of hydrogen-bond acceptors (Lipinski definition) is 4. The zero-order valence-electron chi connectivity index (χ0n) is 11.7. The Morgan fingerprint density at radius 2 is 1.95 bits per heavy atom. The van der Waals surface area contributed by atoms with Gasteiger partial charge in [0.15, 0.2) is 0 Å². The number of benzene rings is 1. The van der Waals surface area contributed by atoms with Gasteiger partial charge in [-0.2, -0.15) is 0 Å². The zero-order chi connectivity index (χ0) is 15.3. The Bertz CT molecular complexity index is 570. The summed E-state index contributed by atoms with van der Waals surface area (Å²) in [7, 11) is -3.68. The van der Waals surface area contributed by atoms with E-state index in [9.17, 15) is 13.2 Å². The second kappa shape index (κ2) is 7.02. The van der Waals surface area contributed by atoms with Gasteiger partial charge < -0.3 is 10.0 Å². The highest BCUT2D eigenvalue weighted by molar-refractivity contribution is 7.89. The number of carbonyl (C=O) groups is 1. The molecule has 116 valence electrons. The van der Waals surface area contributed by atoms with Crippen molar-refractivity contribution < 1.29 is 18.3 Å². The van der Waals surface area contributed by atoms with Gasteiger partial charge in [-0.1, -0.05) is 18.2 Å². The number of sulfonamides is 1. The molecule has 0 atom stereocenters. The molecule has 0 unspecified atom stereocenters. The smallest absolute Gasteiger partial charge is 0.241 e. The molecule has 1 saturated carbocycles. The maximum atomic E-state index is 12.1. The lowest BCUT2D eigenvalue weighted by molar-refractivity contribution is -0.134. The van der Waals surface area contributed by atoms with E-state index in [4.69, 9.17) is 5.11 Å². The number of aliphatic hydroxyl groups is 1. The number of nitrogens with one attached hydrogen (secondary N) is 1. The predicted octanol–water partition coefficient (Wildman–Crippen LogP) is 0.338. The van der Waals surface area contributed by atoms with Crippen LogP contribution in [0.2, 0.25) is 0 Å². The highest BCUT2D eigenvalue weighted by Crippen LogP contribution is 2.24. The summed E-state index contributed by atoms with van der Waals surface area (Å²) in [5.74, 6) is -0.298. The molecule has 21 heavy (non-hydrogen) atoms. The van der Waals surface area contributed by atoms with Gasteiger partial charge in [-0.05, 0) is 31.4 Å². The summed E-state index contributed by atoms with van der Waals surface area (Å²) in [5.41, 5.74) is 0. The van der Waals surface area contributed by atoms with E-state index in [0.717, 1.165) is 19.3 Å². The fourth-order valence-corrected chi connectivity index (χ4v) is 3.25. The molecule has 0 aliphatic heterocycles. The third-order valence-corrected chi connectivity index (χ3v) is 5.06. The summed E-state index contributed by atoms with van der Waals surface area (Å²) in [6, 6.07) is 8.06. The van der Waals surface area contributed by atoms with Crippen LogP contribution in [0.15, 0.2) is 35.2 Å². The Hall–Kier alpha value is -1.44. The quantitative estimate of drug-likeness (QED) is 0.760. The second-order valence-corrected chi connectivity index (χ2v) is 6.80. The number of aliphatic hydroxyl groups excluding tert-OH is 1. The van der Waals surface area contributed by atoms with Crippen molar-refractivity contribution in [2.24, 2.45) is 0 Å². The van der Waals surface area contributed by atoms with Gasteiger partial charge in [0.05, 0.1) is 18.0 Å². The van der Waals surface area contributed by atoms with Crippen LogP contribution in [0.4, 0.5) is 0 Å². The van der Waals surface area contributed by atoms with E-state index in [1.54, 1.807) is 23.1 Å². The Morgan fingerprint density at radius 1 is 1.29 bits per heavy atom. The summed E-state index contributed by atoms with van der Waals surface area (Å²) in [6.45, 7) is -0.155. The van der Waals surface area contributed by atoms with E-state index >= 15 is 0 Å². The molecule has 1 amide bonds. The highest BCUT2D eigenvalue weighted by atomic mass is 32.2. The van der Waals surface area contributed by atoms with Crippen LogP contribution in [0.3, 0.4) is 0 Å². The monoisotopic (exact) mass is 312 g/mol. The van der Waals surface area contributed by atoms with E-state index in [2.05, 4.69) is 4.72 Å². The summed E-state index contributed by atoms with van der Waals surface area (Å²) in [5, 5.41) is 9.03. The standard InChI is InChI=1S/C14H20N2O4S/c17-10-9-16(12-5-4-6-12)14(18)11-15-21(19,20)13-7-2-1-3-8-13/h1-3,7-8,12,15,17H,4-6,9-11H2. The molecule has 1 aliphatic carbocycles. The third-order valence-electron chi connectivity index (χ3n) is 3.64. The minimum absolute atomic E-state index is 0.117. The van der Waals surface area contributed by atoms with Crippen LogP contribution >= 0.6 is 0 Å². The molecule has 1 aromatic rings. The van der Waals surface area contributed by atoms with Crippen molar-refractivity contribution in [1.29, 1.82) is 0 Å². The van der Waals surface area contributed by atoms with Gasteiger partial charge in [0, 0.05) is 12.6 Å². The highest BCUT2D eigenvalue weighted by Gasteiger charge is 2.28. The number of rotatable bonds is 7. The molecular formula is C14H20N2O4S. The minimum atomic E-state index is -3.68. The van der Waals surface area contributed by atoms with Crippen molar-refractivity contribution in [2.75, 3.05) is 19.7 Å². The lowest BCUT2D eigenvalue weighted by atomic mass is 9.91. The van der Waals surface area contributed by atoms with Gasteiger partial charge in [-0.15, -0.1) is 0 Å². The molecule has 0 aromatic heterocycles. The van der Waals surface area contributed by atoms with E-state index in [-0.39, 0.29) is 36.5 Å². The van der Waals surface area contributed by atoms with Crippen molar-refractivity contribution in [2.45, 2.75) is 30.2 Å². The number of carbonyl (C=O) groups excluding carboxylic acids is 1. The van der Waals surface area contributed by atoms with Gasteiger partial charge in [-0.25, -0.2) is 13.1 Å². The van der Waals surface area contributed by atoms with Crippen LogP contribution in [0, 0.1) is 0 Å². The lowest BCUT2D eigenvalue weighted by Gasteiger charge is -2.37. The van der Waals surface area contributed by atoms with E-state index in [0.29, 0.717) is 0 Å².